The zero-order valence-electron chi connectivity index (χ0n) is 17.3. The van der Waals surface area contributed by atoms with Gasteiger partial charge < -0.3 is 20.6 Å². The zero-order chi connectivity index (χ0) is 20.5. The van der Waals surface area contributed by atoms with Crippen LogP contribution in [-0.4, -0.2) is 43.3 Å². The van der Waals surface area contributed by atoms with Crippen molar-refractivity contribution >= 4 is 35.6 Å². The number of nitrogens with one attached hydrogen (secondary N) is 2. The van der Waals surface area contributed by atoms with Crippen LogP contribution in [0.3, 0.4) is 0 Å². The second-order valence-electron chi connectivity index (χ2n) is 7.24. The number of rotatable bonds is 6. The molecule has 0 bridgehead atoms. The molecule has 1 saturated heterocycles. The number of nitrogens with zero attached hydrogens (tertiary/aromatic N) is 3. The van der Waals surface area contributed by atoms with Crippen LogP contribution in [0.25, 0.3) is 0 Å². The van der Waals surface area contributed by atoms with Gasteiger partial charge in [0, 0.05) is 32.2 Å². The highest BCUT2D eigenvalue weighted by Crippen LogP contribution is 2.23. The number of nitriles is 1. The van der Waals surface area contributed by atoms with E-state index in [-0.39, 0.29) is 35.8 Å². The van der Waals surface area contributed by atoms with Gasteiger partial charge in [-0.15, -0.1) is 24.0 Å². The number of guanidine groups is 1. The first-order chi connectivity index (χ1) is 14.2. The van der Waals surface area contributed by atoms with E-state index in [1.54, 1.807) is 12.1 Å². The quantitative estimate of drug-likeness (QED) is 0.309. The number of para-hydroxylation sites is 1. The molecule has 160 valence electrons. The molecular weight excluding hydrogens is 489 g/mol. The first kappa shape index (κ1) is 23.8. The predicted molar refractivity (Wildman–Crippen MR) is 133 cm³/mol. The summed E-state index contributed by atoms with van der Waals surface area (Å²) in [6.45, 7) is 5.30. The van der Waals surface area contributed by atoms with Gasteiger partial charge in [-0.2, -0.15) is 5.26 Å². The Hall–Kier alpha value is -2.47. The summed E-state index contributed by atoms with van der Waals surface area (Å²) in [5.41, 5.74) is 2.80. The third kappa shape index (κ3) is 6.80. The second-order valence-corrected chi connectivity index (χ2v) is 7.24. The van der Waals surface area contributed by atoms with Crippen molar-refractivity contribution in [1.29, 1.82) is 5.26 Å². The van der Waals surface area contributed by atoms with Crippen molar-refractivity contribution in [2.45, 2.75) is 32.2 Å². The molecule has 1 fully saturated rings. The molecule has 2 aromatic carbocycles. The van der Waals surface area contributed by atoms with E-state index in [0.717, 1.165) is 61.7 Å². The van der Waals surface area contributed by atoms with Crippen molar-refractivity contribution in [2.24, 2.45) is 4.99 Å². The summed E-state index contributed by atoms with van der Waals surface area (Å²) in [6, 6.07) is 17.7. The third-order valence-electron chi connectivity index (χ3n) is 5.05. The fraction of sp³-hybridized carbons (Fsp3) is 0.391. The van der Waals surface area contributed by atoms with Crippen LogP contribution in [0, 0.1) is 11.3 Å². The first-order valence-corrected chi connectivity index (χ1v) is 10.3. The van der Waals surface area contributed by atoms with Crippen molar-refractivity contribution in [1.82, 2.24) is 10.6 Å². The number of phenolic OH excluding ortho intramolecular Hbond substituents is 1. The minimum atomic E-state index is 0. The molecule has 1 aliphatic heterocycles. The highest BCUT2D eigenvalue weighted by atomic mass is 127. The summed E-state index contributed by atoms with van der Waals surface area (Å²) >= 11 is 0. The van der Waals surface area contributed by atoms with Crippen LogP contribution in [0.15, 0.2) is 53.5 Å². The molecule has 6 nitrogen and oxygen atoms in total. The van der Waals surface area contributed by atoms with E-state index in [4.69, 9.17) is 4.99 Å². The average Bonchev–Trinajstić information content (AvgIpc) is 2.74. The van der Waals surface area contributed by atoms with Crippen LogP contribution < -0.4 is 15.5 Å². The molecule has 0 spiro atoms. The van der Waals surface area contributed by atoms with Crippen LogP contribution in [0.4, 0.5) is 5.69 Å². The molecule has 2 aromatic rings. The van der Waals surface area contributed by atoms with Crippen molar-refractivity contribution in [3.8, 4) is 11.8 Å². The molecule has 30 heavy (non-hydrogen) atoms. The fourth-order valence-corrected chi connectivity index (χ4v) is 3.68. The van der Waals surface area contributed by atoms with Crippen LogP contribution in [-0.2, 0) is 6.42 Å². The number of hydrogen-bond acceptors (Lipinski definition) is 4. The number of phenols is 1. The SMILES string of the molecule is CCNC(=NCCc1cccc(O)c1)NC1CCCN(c2ccccc2C#N)C1.I. The van der Waals surface area contributed by atoms with Gasteiger partial charge in [0.05, 0.1) is 11.3 Å². The van der Waals surface area contributed by atoms with E-state index in [1.165, 1.54) is 0 Å². The molecule has 1 unspecified atom stereocenters. The molecular formula is C23H30IN5O. The maximum atomic E-state index is 9.59. The van der Waals surface area contributed by atoms with Crippen LogP contribution in [0.5, 0.6) is 5.75 Å². The van der Waals surface area contributed by atoms with E-state index in [9.17, 15) is 10.4 Å². The highest BCUT2D eigenvalue weighted by Gasteiger charge is 2.22. The van der Waals surface area contributed by atoms with Gasteiger partial charge in [0.1, 0.15) is 11.8 Å². The lowest BCUT2D eigenvalue weighted by Gasteiger charge is -2.35. The highest BCUT2D eigenvalue weighted by molar-refractivity contribution is 14.0. The smallest absolute Gasteiger partial charge is 0.191 e. The molecule has 0 saturated carbocycles. The van der Waals surface area contributed by atoms with Gasteiger partial charge >= 0.3 is 0 Å². The Balaban J connectivity index is 0.00000320. The monoisotopic (exact) mass is 519 g/mol. The van der Waals surface area contributed by atoms with Gasteiger partial charge in [0.2, 0.25) is 0 Å². The van der Waals surface area contributed by atoms with Crippen molar-refractivity contribution in [3.05, 3.63) is 59.7 Å². The summed E-state index contributed by atoms with van der Waals surface area (Å²) in [4.78, 5) is 6.99. The molecule has 3 N–H and O–H groups in total. The predicted octanol–water partition coefficient (Wildman–Crippen LogP) is 3.65. The number of aromatic hydroxyl groups is 1. The number of halogens is 1. The van der Waals surface area contributed by atoms with Crippen molar-refractivity contribution in [2.75, 3.05) is 31.1 Å². The maximum Gasteiger partial charge on any atom is 0.191 e. The Morgan fingerprint density at radius 2 is 2.10 bits per heavy atom. The van der Waals surface area contributed by atoms with Crippen LogP contribution in [0.2, 0.25) is 0 Å². The number of hydrogen-bond donors (Lipinski definition) is 3. The Bertz CT molecular complexity index is 880. The number of aliphatic imine (C=N–C) groups is 1. The summed E-state index contributed by atoms with van der Waals surface area (Å²) in [5.74, 6) is 1.10. The van der Waals surface area contributed by atoms with Gasteiger partial charge in [-0.1, -0.05) is 24.3 Å². The standard InChI is InChI=1S/C23H29N5O.HI/c1-2-25-23(26-13-12-18-7-5-10-21(29)15-18)27-20-9-6-14-28(17-20)22-11-4-3-8-19(22)16-24;/h3-5,7-8,10-11,15,20,29H,2,6,9,12-14,17H2,1H3,(H2,25,26,27);1H. The largest absolute Gasteiger partial charge is 0.508 e. The van der Waals surface area contributed by atoms with Crippen LogP contribution in [0.1, 0.15) is 30.9 Å². The van der Waals surface area contributed by atoms with Crippen LogP contribution >= 0.6 is 24.0 Å². The molecule has 0 radical (unpaired) electrons. The van der Waals surface area contributed by atoms with Crippen molar-refractivity contribution in [3.63, 3.8) is 0 Å². The lowest BCUT2D eigenvalue weighted by atomic mass is 10.0. The number of piperidine rings is 1. The van der Waals surface area contributed by atoms with Gasteiger partial charge in [-0.05, 0) is 56.0 Å². The van der Waals surface area contributed by atoms with Gasteiger partial charge in [0.25, 0.3) is 0 Å². The van der Waals surface area contributed by atoms with Gasteiger partial charge in [0.15, 0.2) is 5.96 Å². The van der Waals surface area contributed by atoms with E-state index in [1.807, 2.05) is 36.4 Å². The van der Waals surface area contributed by atoms with E-state index < -0.39 is 0 Å². The summed E-state index contributed by atoms with van der Waals surface area (Å²) < 4.78 is 0. The minimum absolute atomic E-state index is 0. The maximum absolute atomic E-state index is 9.59. The average molecular weight is 519 g/mol. The molecule has 1 heterocycles. The molecule has 1 aliphatic rings. The van der Waals surface area contributed by atoms with Gasteiger partial charge in [-0.3, -0.25) is 4.99 Å². The summed E-state index contributed by atoms with van der Waals surface area (Å²) in [7, 11) is 0. The molecule has 0 amide bonds. The first-order valence-electron chi connectivity index (χ1n) is 10.3. The summed E-state index contributed by atoms with van der Waals surface area (Å²) in [5, 5.41) is 25.9. The number of benzene rings is 2. The topological polar surface area (TPSA) is 83.7 Å². The van der Waals surface area contributed by atoms with Crippen molar-refractivity contribution < 1.29 is 5.11 Å². The Morgan fingerprint density at radius 1 is 1.27 bits per heavy atom. The number of anilines is 1. The van der Waals surface area contributed by atoms with E-state index >= 15 is 0 Å². The Kier molecular flexibility index (Phi) is 9.74. The molecule has 3 rings (SSSR count). The molecule has 1 atom stereocenters. The lowest BCUT2D eigenvalue weighted by Crippen LogP contribution is -2.51. The van der Waals surface area contributed by atoms with E-state index in [2.05, 4.69) is 28.5 Å². The summed E-state index contributed by atoms with van der Waals surface area (Å²) in [6.07, 6.45) is 2.92. The van der Waals surface area contributed by atoms with E-state index in [0.29, 0.717) is 6.54 Å². The second kappa shape index (κ2) is 12.3. The fourth-order valence-electron chi connectivity index (χ4n) is 3.68. The lowest BCUT2D eigenvalue weighted by molar-refractivity contribution is 0.468. The van der Waals surface area contributed by atoms with Gasteiger partial charge in [-0.25, -0.2) is 0 Å². The normalized spacial score (nSPS) is 16.3. The Morgan fingerprint density at radius 3 is 2.87 bits per heavy atom. The minimum Gasteiger partial charge on any atom is -0.508 e. The molecule has 0 aliphatic carbocycles. The molecule has 7 heteroatoms. The third-order valence-corrected chi connectivity index (χ3v) is 5.05. The molecule has 0 aromatic heterocycles. The Labute approximate surface area is 196 Å². The zero-order valence-corrected chi connectivity index (χ0v) is 19.7.